The Labute approximate surface area is 80.4 Å². The average molecular weight is 184 g/mol. The van der Waals surface area contributed by atoms with E-state index >= 15 is 0 Å². The molecule has 3 nitrogen and oxygen atoms in total. The molecule has 2 atom stereocenters. The molecule has 0 radical (unpaired) electrons. The summed E-state index contributed by atoms with van der Waals surface area (Å²) < 4.78 is 5.34. The van der Waals surface area contributed by atoms with Gasteiger partial charge in [-0.05, 0) is 25.7 Å². The summed E-state index contributed by atoms with van der Waals surface area (Å²) in [6.45, 7) is 2.12. The molecule has 1 rings (SSSR count). The van der Waals surface area contributed by atoms with Crippen LogP contribution in [-0.2, 0) is 4.74 Å². The number of ether oxygens (including phenoxy) is 1. The van der Waals surface area contributed by atoms with Gasteiger partial charge in [-0.3, -0.25) is 4.99 Å². The van der Waals surface area contributed by atoms with Crippen molar-refractivity contribution < 1.29 is 4.74 Å². The van der Waals surface area contributed by atoms with Crippen molar-refractivity contribution in [2.75, 3.05) is 7.11 Å². The first-order valence-corrected chi connectivity index (χ1v) is 5.12. The molecule has 1 saturated carbocycles. The van der Waals surface area contributed by atoms with Crippen LogP contribution in [0.5, 0.6) is 0 Å². The summed E-state index contributed by atoms with van der Waals surface area (Å²) >= 11 is 0. The fraction of sp³-hybridized carbons (Fsp3) is 0.900. The molecule has 1 aliphatic rings. The highest BCUT2D eigenvalue weighted by atomic mass is 16.5. The maximum Gasteiger partial charge on any atom is 0.0941 e. The third kappa shape index (κ3) is 2.99. The number of methoxy groups -OCH3 is 1. The van der Waals surface area contributed by atoms with E-state index in [4.69, 9.17) is 10.5 Å². The van der Waals surface area contributed by atoms with Crippen LogP contribution in [0, 0.1) is 0 Å². The average Bonchev–Trinajstić information content (AvgIpc) is 2.52. The van der Waals surface area contributed by atoms with Gasteiger partial charge in [0.2, 0.25) is 0 Å². The predicted octanol–water partition coefficient (Wildman–Crippen LogP) is 1.71. The summed E-state index contributed by atoms with van der Waals surface area (Å²) in [5.41, 5.74) is 5.78. The second-order valence-electron chi connectivity index (χ2n) is 3.64. The number of nitrogens with zero attached hydrogens (tertiary/aromatic N) is 1. The van der Waals surface area contributed by atoms with E-state index in [1.54, 1.807) is 7.11 Å². The molecule has 0 saturated heterocycles. The summed E-state index contributed by atoms with van der Waals surface area (Å²) in [7, 11) is 1.76. The molecular formula is C10H20N2O. The van der Waals surface area contributed by atoms with Crippen LogP contribution in [0.2, 0.25) is 0 Å². The SMILES string of the molecule is CCCC(N)=NC1CCCC1OC. The van der Waals surface area contributed by atoms with Gasteiger partial charge in [-0.1, -0.05) is 6.92 Å². The molecule has 0 amide bonds. The van der Waals surface area contributed by atoms with E-state index in [0.717, 1.165) is 31.5 Å². The van der Waals surface area contributed by atoms with Crippen LogP contribution in [0.3, 0.4) is 0 Å². The van der Waals surface area contributed by atoms with Crippen molar-refractivity contribution in [2.24, 2.45) is 10.7 Å². The monoisotopic (exact) mass is 184 g/mol. The Morgan fingerprint density at radius 2 is 2.31 bits per heavy atom. The highest BCUT2D eigenvalue weighted by Crippen LogP contribution is 2.24. The van der Waals surface area contributed by atoms with Gasteiger partial charge < -0.3 is 10.5 Å². The summed E-state index contributed by atoms with van der Waals surface area (Å²) in [6, 6.07) is 0.316. The largest absolute Gasteiger partial charge is 0.387 e. The maximum absolute atomic E-state index is 5.78. The lowest BCUT2D eigenvalue weighted by atomic mass is 10.2. The van der Waals surface area contributed by atoms with Gasteiger partial charge in [0.25, 0.3) is 0 Å². The van der Waals surface area contributed by atoms with Gasteiger partial charge in [-0.15, -0.1) is 0 Å². The normalized spacial score (nSPS) is 29.5. The van der Waals surface area contributed by atoms with Crippen molar-refractivity contribution in [3.63, 3.8) is 0 Å². The molecule has 0 aromatic carbocycles. The quantitative estimate of drug-likeness (QED) is 0.534. The molecule has 3 heteroatoms. The first kappa shape index (κ1) is 10.5. The molecule has 0 aromatic rings. The smallest absolute Gasteiger partial charge is 0.0941 e. The van der Waals surface area contributed by atoms with Crippen LogP contribution in [0.15, 0.2) is 4.99 Å². The van der Waals surface area contributed by atoms with Crippen molar-refractivity contribution in [2.45, 2.75) is 51.2 Å². The van der Waals surface area contributed by atoms with E-state index < -0.39 is 0 Å². The standard InChI is InChI=1S/C10H20N2O/c1-3-5-10(11)12-8-6-4-7-9(8)13-2/h8-9H,3-7H2,1-2H3,(H2,11,12). The fourth-order valence-corrected chi connectivity index (χ4v) is 1.86. The molecule has 0 aromatic heterocycles. The summed E-state index contributed by atoms with van der Waals surface area (Å²) in [6.07, 6.45) is 5.75. The van der Waals surface area contributed by atoms with Crippen LogP contribution < -0.4 is 5.73 Å². The third-order valence-electron chi connectivity index (χ3n) is 2.56. The van der Waals surface area contributed by atoms with Gasteiger partial charge in [0.1, 0.15) is 0 Å². The highest BCUT2D eigenvalue weighted by molar-refractivity contribution is 5.80. The zero-order valence-corrected chi connectivity index (χ0v) is 8.62. The second kappa shape index (κ2) is 5.22. The van der Waals surface area contributed by atoms with E-state index in [1.807, 2.05) is 0 Å². The van der Waals surface area contributed by atoms with Gasteiger partial charge in [-0.25, -0.2) is 0 Å². The van der Waals surface area contributed by atoms with Crippen molar-refractivity contribution in [1.29, 1.82) is 0 Å². The molecule has 76 valence electrons. The van der Waals surface area contributed by atoms with E-state index in [1.165, 1.54) is 6.42 Å². The summed E-state index contributed by atoms with van der Waals surface area (Å²) in [5.74, 6) is 0.788. The first-order valence-electron chi connectivity index (χ1n) is 5.12. The number of nitrogens with two attached hydrogens (primary N) is 1. The van der Waals surface area contributed by atoms with Crippen molar-refractivity contribution in [3.8, 4) is 0 Å². The van der Waals surface area contributed by atoms with Gasteiger partial charge in [0.15, 0.2) is 0 Å². The molecular weight excluding hydrogens is 164 g/mol. The van der Waals surface area contributed by atoms with Crippen LogP contribution in [0.1, 0.15) is 39.0 Å². The number of rotatable bonds is 4. The van der Waals surface area contributed by atoms with Gasteiger partial charge in [0, 0.05) is 13.5 Å². The Balaban J connectivity index is 2.46. The lowest BCUT2D eigenvalue weighted by Gasteiger charge is -2.14. The number of hydrogen-bond donors (Lipinski definition) is 1. The fourth-order valence-electron chi connectivity index (χ4n) is 1.86. The van der Waals surface area contributed by atoms with Gasteiger partial charge in [-0.2, -0.15) is 0 Å². The number of hydrogen-bond acceptors (Lipinski definition) is 2. The van der Waals surface area contributed by atoms with Crippen LogP contribution in [0.25, 0.3) is 0 Å². The minimum absolute atomic E-state index is 0.301. The van der Waals surface area contributed by atoms with Crippen LogP contribution in [-0.4, -0.2) is 25.1 Å². The Bertz CT molecular complexity index is 180. The van der Waals surface area contributed by atoms with E-state index in [0.29, 0.717) is 12.1 Å². The van der Waals surface area contributed by atoms with Gasteiger partial charge in [0.05, 0.1) is 18.0 Å². The van der Waals surface area contributed by atoms with E-state index in [9.17, 15) is 0 Å². The summed E-state index contributed by atoms with van der Waals surface area (Å²) in [4.78, 5) is 4.49. The lowest BCUT2D eigenvalue weighted by molar-refractivity contribution is 0.0965. The molecule has 13 heavy (non-hydrogen) atoms. The minimum Gasteiger partial charge on any atom is -0.387 e. The second-order valence-corrected chi connectivity index (χ2v) is 3.64. The minimum atomic E-state index is 0.301. The van der Waals surface area contributed by atoms with Crippen molar-refractivity contribution in [1.82, 2.24) is 0 Å². The molecule has 0 aliphatic heterocycles. The molecule has 0 heterocycles. The zero-order valence-electron chi connectivity index (χ0n) is 8.62. The lowest BCUT2D eigenvalue weighted by Crippen LogP contribution is -2.24. The van der Waals surface area contributed by atoms with Crippen LogP contribution in [0.4, 0.5) is 0 Å². The predicted molar refractivity (Wildman–Crippen MR) is 55.0 cm³/mol. The molecule has 1 aliphatic carbocycles. The Hall–Kier alpha value is -0.570. The first-order chi connectivity index (χ1) is 6.27. The van der Waals surface area contributed by atoms with Gasteiger partial charge >= 0.3 is 0 Å². The van der Waals surface area contributed by atoms with Crippen molar-refractivity contribution >= 4 is 5.84 Å². The molecule has 1 fully saturated rings. The maximum atomic E-state index is 5.78. The van der Waals surface area contributed by atoms with Crippen molar-refractivity contribution in [3.05, 3.63) is 0 Å². The highest BCUT2D eigenvalue weighted by Gasteiger charge is 2.26. The number of amidine groups is 1. The Morgan fingerprint density at radius 1 is 1.54 bits per heavy atom. The Morgan fingerprint density at radius 3 is 2.92 bits per heavy atom. The molecule has 0 bridgehead atoms. The molecule has 2 unspecified atom stereocenters. The topological polar surface area (TPSA) is 47.6 Å². The molecule has 0 spiro atoms. The molecule has 2 N–H and O–H groups in total. The van der Waals surface area contributed by atoms with E-state index in [2.05, 4.69) is 11.9 Å². The number of aliphatic imine (C=N–C) groups is 1. The Kier molecular flexibility index (Phi) is 4.22. The van der Waals surface area contributed by atoms with E-state index in [-0.39, 0.29) is 0 Å². The van der Waals surface area contributed by atoms with Crippen LogP contribution >= 0.6 is 0 Å². The third-order valence-corrected chi connectivity index (χ3v) is 2.56. The summed E-state index contributed by atoms with van der Waals surface area (Å²) in [5, 5.41) is 0. The zero-order chi connectivity index (χ0) is 9.68.